The molecule has 0 amide bonds. The largest absolute Gasteiger partial charge is 0.323 e. The van der Waals surface area contributed by atoms with E-state index in [9.17, 15) is 0 Å². The quantitative estimate of drug-likeness (QED) is 0.687. The molecule has 16 heavy (non-hydrogen) atoms. The summed E-state index contributed by atoms with van der Waals surface area (Å²) in [4.78, 5) is 0. The van der Waals surface area contributed by atoms with Crippen molar-refractivity contribution in [3.63, 3.8) is 0 Å². The first-order valence-electron chi connectivity index (χ1n) is 6.11. The number of hydrogen-bond acceptors (Lipinski definition) is 2. The number of piperidine rings is 1. The summed E-state index contributed by atoms with van der Waals surface area (Å²) in [5.41, 5.74) is 10.5. The summed E-state index contributed by atoms with van der Waals surface area (Å²) in [5, 5.41) is 3.42. The molecule has 0 saturated carbocycles. The molecule has 2 aliphatic rings. The van der Waals surface area contributed by atoms with Crippen molar-refractivity contribution >= 4 is 0 Å². The Labute approximate surface area is 97.2 Å². The van der Waals surface area contributed by atoms with E-state index in [2.05, 4.69) is 30.4 Å². The van der Waals surface area contributed by atoms with E-state index in [1.54, 1.807) is 0 Å². The first-order chi connectivity index (χ1) is 7.71. The Morgan fingerprint density at radius 3 is 2.88 bits per heavy atom. The summed E-state index contributed by atoms with van der Waals surface area (Å²) in [6.07, 6.45) is 3.48. The SMILES string of the molecule is Cc1c#cc2c(c1)[C@@H](N)C1(CCNCC1)C2. The van der Waals surface area contributed by atoms with Gasteiger partial charge in [-0.2, -0.15) is 0 Å². The molecule has 0 unspecified atom stereocenters. The molecular weight excluding hydrogens is 196 g/mol. The zero-order valence-electron chi connectivity index (χ0n) is 9.77. The smallest absolute Gasteiger partial charge is 0.0366 e. The van der Waals surface area contributed by atoms with E-state index in [0.29, 0.717) is 5.41 Å². The van der Waals surface area contributed by atoms with Gasteiger partial charge < -0.3 is 11.1 Å². The minimum Gasteiger partial charge on any atom is -0.323 e. The molecule has 3 rings (SSSR count). The zero-order chi connectivity index (χ0) is 11.2. The number of nitrogens with one attached hydrogen (secondary N) is 1. The molecule has 1 aromatic rings. The van der Waals surface area contributed by atoms with E-state index in [-0.39, 0.29) is 6.04 Å². The lowest BCUT2D eigenvalue weighted by atomic mass is 9.73. The Morgan fingerprint density at radius 2 is 2.12 bits per heavy atom. The summed E-state index contributed by atoms with van der Waals surface area (Å²) in [5.74, 6) is 0. The van der Waals surface area contributed by atoms with Gasteiger partial charge in [0.05, 0.1) is 0 Å². The topological polar surface area (TPSA) is 38.0 Å². The zero-order valence-corrected chi connectivity index (χ0v) is 9.77. The Hall–Kier alpha value is -1.04. The van der Waals surface area contributed by atoms with E-state index in [0.717, 1.165) is 25.1 Å². The van der Waals surface area contributed by atoms with Gasteiger partial charge in [-0.1, -0.05) is 12.1 Å². The normalized spacial score (nSPS) is 26.5. The number of rotatable bonds is 0. The maximum absolute atomic E-state index is 6.46. The molecular formula is C14H18N2. The van der Waals surface area contributed by atoms with E-state index in [1.807, 2.05) is 0 Å². The van der Waals surface area contributed by atoms with Crippen LogP contribution in [0.4, 0.5) is 0 Å². The summed E-state index contributed by atoms with van der Waals surface area (Å²) in [6, 6.07) is 8.88. The van der Waals surface area contributed by atoms with Gasteiger partial charge >= 0.3 is 0 Å². The van der Waals surface area contributed by atoms with Crippen LogP contribution in [0.2, 0.25) is 0 Å². The fourth-order valence-corrected chi connectivity index (χ4v) is 3.23. The lowest BCUT2D eigenvalue weighted by Gasteiger charge is -2.37. The highest BCUT2D eigenvalue weighted by Crippen LogP contribution is 2.49. The highest BCUT2D eigenvalue weighted by atomic mass is 14.9. The van der Waals surface area contributed by atoms with E-state index in [4.69, 9.17) is 5.73 Å². The van der Waals surface area contributed by atoms with Gasteiger partial charge in [-0.15, -0.1) is 0 Å². The first-order valence-corrected chi connectivity index (χ1v) is 6.11. The third-order valence-corrected chi connectivity index (χ3v) is 4.25. The minimum absolute atomic E-state index is 0.203. The van der Waals surface area contributed by atoms with Crippen LogP contribution in [0.5, 0.6) is 0 Å². The standard InChI is InChI=1S/C14H18N2/c1-10-2-3-11-9-14(4-6-16-7-5-14)13(15)12(11)8-10/h8,13,16H,4-7,9,15H2,1H3/t13-/m1/s1. The van der Waals surface area contributed by atoms with Gasteiger partial charge in [0.25, 0.3) is 0 Å². The second-order valence-electron chi connectivity index (χ2n) is 5.28. The van der Waals surface area contributed by atoms with Crippen molar-refractivity contribution in [1.29, 1.82) is 0 Å². The van der Waals surface area contributed by atoms with Crippen LogP contribution in [0.1, 0.15) is 35.6 Å². The molecule has 1 atom stereocenters. The molecule has 0 radical (unpaired) electrons. The average molecular weight is 214 g/mol. The van der Waals surface area contributed by atoms with Crippen LogP contribution in [0.15, 0.2) is 6.07 Å². The minimum atomic E-state index is 0.203. The molecule has 84 valence electrons. The van der Waals surface area contributed by atoms with Gasteiger partial charge in [0.15, 0.2) is 0 Å². The Morgan fingerprint density at radius 1 is 1.38 bits per heavy atom. The molecule has 2 heteroatoms. The Kier molecular flexibility index (Phi) is 2.20. The van der Waals surface area contributed by atoms with Crippen LogP contribution >= 0.6 is 0 Å². The number of nitrogens with two attached hydrogens (primary N) is 1. The average Bonchev–Trinajstić information content (AvgIpc) is 2.55. The second kappa shape index (κ2) is 3.48. The molecule has 1 aromatic carbocycles. The third-order valence-electron chi connectivity index (χ3n) is 4.25. The van der Waals surface area contributed by atoms with Crippen LogP contribution in [-0.4, -0.2) is 13.1 Å². The molecule has 2 nitrogen and oxygen atoms in total. The molecule has 1 fully saturated rings. The van der Waals surface area contributed by atoms with Gasteiger partial charge in [-0.05, 0) is 61.9 Å². The van der Waals surface area contributed by atoms with Crippen molar-refractivity contribution in [3.05, 3.63) is 34.9 Å². The summed E-state index contributed by atoms with van der Waals surface area (Å²) in [6.45, 7) is 4.27. The summed E-state index contributed by atoms with van der Waals surface area (Å²) >= 11 is 0. The van der Waals surface area contributed by atoms with Crippen LogP contribution in [0.3, 0.4) is 0 Å². The van der Waals surface area contributed by atoms with Crippen molar-refractivity contribution in [3.8, 4) is 0 Å². The van der Waals surface area contributed by atoms with Crippen molar-refractivity contribution in [2.75, 3.05) is 13.1 Å². The van der Waals surface area contributed by atoms with Crippen molar-refractivity contribution in [2.45, 2.75) is 32.2 Å². The lowest BCUT2D eigenvalue weighted by Crippen LogP contribution is -2.42. The highest BCUT2D eigenvalue weighted by Gasteiger charge is 2.44. The van der Waals surface area contributed by atoms with Crippen LogP contribution in [0.25, 0.3) is 0 Å². The van der Waals surface area contributed by atoms with E-state index < -0.39 is 0 Å². The van der Waals surface area contributed by atoms with Crippen molar-refractivity contribution in [2.24, 2.45) is 11.1 Å². The maximum Gasteiger partial charge on any atom is 0.0366 e. The van der Waals surface area contributed by atoms with Gasteiger partial charge in [-0.3, -0.25) is 0 Å². The summed E-state index contributed by atoms with van der Waals surface area (Å²) in [7, 11) is 0. The molecule has 1 heterocycles. The monoisotopic (exact) mass is 214 g/mol. The van der Waals surface area contributed by atoms with Gasteiger partial charge in [0, 0.05) is 11.6 Å². The maximum atomic E-state index is 6.46. The molecule has 1 saturated heterocycles. The summed E-state index contributed by atoms with van der Waals surface area (Å²) < 4.78 is 0. The van der Waals surface area contributed by atoms with E-state index >= 15 is 0 Å². The molecule has 0 aromatic heterocycles. The molecule has 1 aliphatic heterocycles. The van der Waals surface area contributed by atoms with Gasteiger partial charge in [-0.25, -0.2) is 0 Å². The second-order valence-corrected chi connectivity index (χ2v) is 5.28. The highest BCUT2D eigenvalue weighted by molar-refractivity contribution is 5.37. The van der Waals surface area contributed by atoms with Gasteiger partial charge in [0.2, 0.25) is 0 Å². The molecule has 3 N–H and O–H groups in total. The van der Waals surface area contributed by atoms with Gasteiger partial charge in [0.1, 0.15) is 0 Å². The Balaban J connectivity index is 1.99. The predicted octanol–water partition coefficient (Wildman–Crippen LogP) is 1.52. The number of fused-ring (bicyclic) bond motifs is 1. The van der Waals surface area contributed by atoms with Crippen molar-refractivity contribution < 1.29 is 0 Å². The molecule has 1 aliphatic carbocycles. The fourth-order valence-electron chi connectivity index (χ4n) is 3.23. The van der Waals surface area contributed by atoms with Crippen molar-refractivity contribution in [1.82, 2.24) is 5.32 Å². The number of hydrogen-bond donors (Lipinski definition) is 2. The van der Waals surface area contributed by atoms with Crippen LogP contribution < -0.4 is 11.1 Å². The van der Waals surface area contributed by atoms with Crippen LogP contribution in [-0.2, 0) is 6.42 Å². The fraction of sp³-hybridized carbons (Fsp3) is 0.571. The van der Waals surface area contributed by atoms with E-state index in [1.165, 1.54) is 24.0 Å². The predicted molar refractivity (Wildman–Crippen MR) is 64.0 cm³/mol. The molecule has 0 bridgehead atoms. The Bertz CT molecular complexity index is 405. The number of aryl methyl sites for hydroxylation is 1. The lowest BCUT2D eigenvalue weighted by molar-refractivity contribution is 0.174. The molecule has 1 spiro atoms. The van der Waals surface area contributed by atoms with Crippen LogP contribution in [0, 0.1) is 24.5 Å². The third kappa shape index (κ3) is 1.36. The first kappa shape index (κ1) is 10.1.